The van der Waals surface area contributed by atoms with E-state index >= 15 is 0 Å². The maximum atomic E-state index is 11.0. The average molecular weight is 492 g/mol. The number of nitriles is 1. The smallest absolute Gasteiger partial charge is 0.302 e. The van der Waals surface area contributed by atoms with E-state index < -0.39 is 0 Å². The number of rotatable bonds is 6. The summed E-state index contributed by atoms with van der Waals surface area (Å²) >= 11 is 14.1. The molecule has 1 atom stereocenters. The van der Waals surface area contributed by atoms with Gasteiger partial charge in [0.25, 0.3) is 0 Å². The summed E-state index contributed by atoms with van der Waals surface area (Å²) in [5.41, 5.74) is 1.89. The standard InChI is InChI=1S/C21H19Cl2N5O3S/c1-12(29)30-6-4-14-10-28(5-7-31-14)21-16(9-24)18(15-3-2-13(22)8-17(15)23)19(32-21)20-25-11-26-27-20/h2-3,8,11,14H,4-7,10H2,1H3,(H,25,26,27). The van der Waals surface area contributed by atoms with Crippen LogP contribution in [0.15, 0.2) is 24.5 Å². The number of esters is 1. The largest absolute Gasteiger partial charge is 0.466 e. The van der Waals surface area contributed by atoms with Crippen molar-refractivity contribution in [2.24, 2.45) is 0 Å². The Balaban J connectivity index is 1.73. The molecule has 0 aliphatic carbocycles. The van der Waals surface area contributed by atoms with E-state index in [4.69, 9.17) is 32.7 Å². The van der Waals surface area contributed by atoms with Crippen molar-refractivity contribution in [1.82, 2.24) is 15.2 Å². The molecule has 0 bridgehead atoms. The summed E-state index contributed by atoms with van der Waals surface area (Å²) in [6, 6.07) is 7.56. The van der Waals surface area contributed by atoms with Crippen LogP contribution < -0.4 is 4.90 Å². The highest BCUT2D eigenvalue weighted by Crippen LogP contribution is 2.48. The Bertz CT molecular complexity index is 1160. The van der Waals surface area contributed by atoms with Crippen molar-refractivity contribution in [3.63, 3.8) is 0 Å². The number of ether oxygens (including phenoxy) is 2. The molecule has 1 unspecified atom stereocenters. The second kappa shape index (κ2) is 9.88. The fourth-order valence-corrected chi connectivity index (χ4v) is 5.34. The third kappa shape index (κ3) is 4.74. The molecule has 1 N–H and O–H groups in total. The van der Waals surface area contributed by atoms with Gasteiger partial charge in [0.1, 0.15) is 17.4 Å². The summed E-state index contributed by atoms with van der Waals surface area (Å²) in [5, 5.41) is 18.8. The van der Waals surface area contributed by atoms with Crippen molar-refractivity contribution in [2.45, 2.75) is 19.4 Å². The molecule has 0 amide bonds. The monoisotopic (exact) mass is 491 g/mol. The number of anilines is 1. The number of aromatic nitrogens is 3. The number of aromatic amines is 1. The summed E-state index contributed by atoms with van der Waals surface area (Å²) in [6.07, 6.45) is 1.88. The van der Waals surface area contributed by atoms with Gasteiger partial charge in [0.15, 0.2) is 5.82 Å². The Hall–Kier alpha value is -2.64. The molecule has 0 saturated carbocycles. The Morgan fingerprint density at radius 3 is 3.00 bits per heavy atom. The van der Waals surface area contributed by atoms with Gasteiger partial charge in [0.05, 0.1) is 29.8 Å². The van der Waals surface area contributed by atoms with Gasteiger partial charge >= 0.3 is 5.97 Å². The first-order chi connectivity index (χ1) is 15.5. The first-order valence-electron chi connectivity index (χ1n) is 9.86. The van der Waals surface area contributed by atoms with Gasteiger partial charge in [-0.2, -0.15) is 10.4 Å². The van der Waals surface area contributed by atoms with Crippen molar-refractivity contribution >= 4 is 45.5 Å². The quantitative estimate of drug-likeness (QED) is 0.504. The first kappa shape index (κ1) is 22.6. The molecule has 3 aromatic rings. The third-order valence-electron chi connectivity index (χ3n) is 5.00. The summed E-state index contributed by atoms with van der Waals surface area (Å²) in [5.74, 6) is 0.238. The fourth-order valence-electron chi connectivity index (χ4n) is 3.59. The van der Waals surface area contributed by atoms with E-state index in [1.54, 1.807) is 18.2 Å². The SMILES string of the molecule is CC(=O)OCCC1CN(c2sc(-c3ncn[nH]3)c(-c3ccc(Cl)cc3Cl)c2C#N)CCO1. The predicted molar refractivity (Wildman–Crippen MR) is 123 cm³/mol. The van der Waals surface area contributed by atoms with Gasteiger partial charge in [-0.15, -0.1) is 11.3 Å². The number of H-pyrrole nitrogens is 1. The fraction of sp³-hybridized carbons (Fsp3) is 0.333. The molecule has 1 aromatic carbocycles. The number of carbonyl (C=O) groups excluding carboxylic acids is 1. The number of nitrogens with zero attached hydrogens (tertiary/aromatic N) is 4. The van der Waals surface area contributed by atoms with Crippen LogP contribution in [0.3, 0.4) is 0 Å². The van der Waals surface area contributed by atoms with E-state index in [0.717, 1.165) is 9.88 Å². The van der Waals surface area contributed by atoms with Crippen molar-refractivity contribution < 1.29 is 14.3 Å². The van der Waals surface area contributed by atoms with Crippen LogP contribution in [0.1, 0.15) is 18.9 Å². The Kier molecular flexibility index (Phi) is 6.96. The molecule has 1 saturated heterocycles. The minimum absolute atomic E-state index is 0.118. The average Bonchev–Trinajstić information content (AvgIpc) is 3.41. The van der Waals surface area contributed by atoms with Crippen LogP contribution in [0.5, 0.6) is 0 Å². The van der Waals surface area contributed by atoms with E-state index in [0.29, 0.717) is 65.3 Å². The highest BCUT2D eigenvalue weighted by Gasteiger charge is 2.30. The number of benzene rings is 1. The van der Waals surface area contributed by atoms with Crippen molar-refractivity contribution in [3.8, 4) is 27.9 Å². The first-order valence-corrected chi connectivity index (χ1v) is 11.4. The minimum Gasteiger partial charge on any atom is -0.466 e. The van der Waals surface area contributed by atoms with E-state index in [1.165, 1.54) is 24.6 Å². The second-order valence-corrected chi connectivity index (χ2v) is 8.97. The third-order valence-corrected chi connectivity index (χ3v) is 6.81. The van der Waals surface area contributed by atoms with Gasteiger partial charge in [-0.1, -0.05) is 29.3 Å². The van der Waals surface area contributed by atoms with Crippen LogP contribution in [-0.4, -0.2) is 53.6 Å². The lowest BCUT2D eigenvalue weighted by molar-refractivity contribution is -0.141. The highest BCUT2D eigenvalue weighted by atomic mass is 35.5. The molecule has 2 aromatic heterocycles. The number of carbonyl (C=O) groups is 1. The van der Waals surface area contributed by atoms with Crippen LogP contribution in [0.25, 0.3) is 21.8 Å². The zero-order chi connectivity index (χ0) is 22.7. The van der Waals surface area contributed by atoms with Crippen molar-refractivity contribution in [1.29, 1.82) is 5.26 Å². The molecule has 1 aliphatic rings. The maximum absolute atomic E-state index is 11.0. The molecule has 166 valence electrons. The summed E-state index contributed by atoms with van der Waals surface area (Å²) in [7, 11) is 0. The topological polar surface area (TPSA) is 104 Å². The maximum Gasteiger partial charge on any atom is 0.302 e. The molecule has 0 spiro atoms. The molecular formula is C21H19Cl2N5O3S. The molecule has 11 heteroatoms. The van der Waals surface area contributed by atoms with Crippen LogP contribution in [-0.2, 0) is 14.3 Å². The van der Waals surface area contributed by atoms with Crippen LogP contribution in [0.4, 0.5) is 5.00 Å². The highest BCUT2D eigenvalue weighted by molar-refractivity contribution is 7.20. The number of morpholine rings is 1. The predicted octanol–water partition coefficient (Wildman–Crippen LogP) is 4.54. The molecule has 3 heterocycles. The second-order valence-electron chi connectivity index (χ2n) is 7.12. The molecule has 4 rings (SSSR count). The number of nitrogens with one attached hydrogen (secondary N) is 1. The summed E-state index contributed by atoms with van der Waals surface area (Å²) < 4.78 is 10.9. The molecule has 1 fully saturated rings. The van der Waals surface area contributed by atoms with Gasteiger partial charge < -0.3 is 14.4 Å². The number of halogens is 2. The van der Waals surface area contributed by atoms with E-state index in [2.05, 4.69) is 26.2 Å². The molecule has 32 heavy (non-hydrogen) atoms. The van der Waals surface area contributed by atoms with Crippen LogP contribution in [0.2, 0.25) is 10.0 Å². The zero-order valence-electron chi connectivity index (χ0n) is 17.1. The lowest BCUT2D eigenvalue weighted by Crippen LogP contribution is -2.43. The normalized spacial score (nSPS) is 16.1. The number of thiophene rings is 1. The van der Waals surface area contributed by atoms with E-state index in [9.17, 15) is 10.1 Å². The van der Waals surface area contributed by atoms with Crippen molar-refractivity contribution in [3.05, 3.63) is 40.1 Å². The summed E-state index contributed by atoms with van der Waals surface area (Å²) in [4.78, 5) is 18.2. The van der Waals surface area contributed by atoms with Crippen molar-refractivity contribution in [2.75, 3.05) is 31.2 Å². The minimum atomic E-state index is -0.316. The Morgan fingerprint density at radius 2 is 2.31 bits per heavy atom. The lowest BCUT2D eigenvalue weighted by atomic mass is 10.0. The zero-order valence-corrected chi connectivity index (χ0v) is 19.4. The van der Waals surface area contributed by atoms with E-state index in [-0.39, 0.29) is 12.1 Å². The number of hydrogen-bond donors (Lipinski definition) is 1. The van der Waals surface area contributed by atoms with Crippen LogP contribution >= 0.6 is 34.5 Å². The summed E-state index contributed by atoms with van der Waals surface area (Å²) in [6.45, 7) is 3.37. The molecule has 8 nitrogen and oxygen atoms in total. The van der Waals surface area contributed by atoms with Gasteiger partial charge in [-0.05, 0) is 12.1 Å². The van der Waals surface area contributed by atoms with Gasteiger partial charge in [-0.3, -0.25) is 9.89 Å². The van der Waals surface area contributed by atoms with Crippen LogP contribution in [0, 0.1) is 11.3 Å². The van der Waals surface area contributed by atoms with Gasteiger partial charge in [0.2, 0.25) is 0 Å². The molecular weight excluding hydrogens is 473 g/mol. The Morgan fingerprint density at radius 1 is 1.47 bits per heavy atom. The van der Waals surface area contributed by atoms with E-state index in [1.807, 2.05) is 0 Å². The molecule has 1 aliphatic heterocycles. The molecule has 0 radical (unpaired) electrons. The van der Waals surface area contributed by atoms with Gasteiger partial charge in [-0.25, -0.2) is 4.98 Å². The lowest BCUT2D eigenvalue weighted by Gasteiger charge is -2.33. The van der Waals surface area contributed by atoms with Gasteiger partial charge in [0, 0.05) is 47.6 Å². The Labute approximate surface area is 198 Å². The number of hydrogen-bond acceptors (Lipinski definition) is 8.